The molecule has 2 N–H and O–H groups in total. The van der Waals surface area contributed by atoms with Gasteiger partial charge in [0.25, 0.3) is 0 Å². The van der Waals surface area contributed by atoms with Crippen molar-refractivity contribution in [1.82, 2.24) is 15.0 Å². The van der Waals surface area contributed by atoms with Crippen LogP contribution in [0.2, 0.25) is 0 Å². The topological polar surface area (TPSA) is 56.7 Å². The van der Waals surface area contributed by atoms with Crippen LogP contribution >= 0.6 is 15.9 Å². The minimum atomic E-state index is -0.0439. The summed E-state index contributed by atoms with van der Waals surface area (Å²) < 4.78 is 2.96. The third kappa shape index (κ3) is 2.72. The summed E-state index contributed by atoms with van der Waals surface area (Å²) in [6, 6.07) is 6.14. The third-order valence-electron chi connectivity index (χ3n) is 3.32. The molecule has 1 heterocycles. The van der Waals surface area contributed by atoms with E-state index >= 15 is 0 Å². The van der Waals surface area contributed by atoms with Gasteiger partial charge in [-0.25, -0.2) is 4.68 Å². The van der Waals surface area contributed by atoms with Crippen LogP contribution in [0.3, 0.4) is 0 Å². The lowest BCUT2D eigenvalue weighted by atomic mass is 10.1. The summed E-state index contributed by atoms with van der Waals surface area (Å²) in [6.45, 7) is 6.23. The monoisotopic (exact) mass is 322 g/mol. The van der Waals surface area contributed by atoms with Crippen molar-refractivity contribution in [2.45, 2.75) is 39.7 Å². The van der Waals surface area contributed by atoms with Crippen molar-refractivity contribution in [1.29, 1.82) is 0 Å². The number of halogens is 1. The van der Waals surface area contributed by atoms with Gasteiger partial charge in [0.1, 0.15) is 5.69 Å². The summed E-state index contributed by atoms with van der Waals surface area (Å²) in [7, 11) is 0. The van der Waals surface area contributed by atoms with E-state index in [2.05, 4.69) is 65.2 Å². The first-order chi connectivity index (χ1) is 9.08. The zero-order valence-corrected chi connectivity index (χ0v) is 13.1. The van der Waals surface area contributed by atoms with Crippen LogP contribution in [0, 0.1) is 6.92 Å². The van der Waals surface area contributed by atoms with Crippen molar-refractivity contribution < 1.29 is 0 Å². The molecular formula is C14H19BrN4. The van der Waals surface area contributed by atoms with Crippen LogP contribution < -0.4 is 5.73 Å². The predicted octanol–water partition coefficient (Wildman–Crippen LogP) is 3.31. The van der Waals surface area contributed by atoms with E-state index in [0.29, 0.717) is 0 Å². The van der Waals surface area contributed by atoms with Crippen molar-refractivity contribution in [3.8, 4) is 5.69 Å². The maximum Gasteiger partial charge on any atom is 0.103 e. The molecule has 2 aromatic rings. The highest BCUT2D eigenvalue weighted by atomic mass is 79.9. The molecule has 0 aliphatic heterocycles. The zero-order valence-electron chi connectivity index (χ0n) is 11.5. The molecule has 2 rings (SSSR count). The number of nitrogens with two attached hydrogens (primary N) is 1. The minimum Gasteiger partial charge on any atom is -0.323 e. The first kappa shape index (κ1) is 14.2. The second kappa shape index (κ2) is 5.84. The summed E-state index contributed by atoms with van der Waals surface area (Å²) in [5.74, 6) is 0. The zero-order chi connectivity index (χ0) is 14.0. The molecule has 102 valence electrons. The Labute approximate surface area is 122 Å². The van der Waals surface area contributed by atoms with Gasteiger partial charge in [-0.15, -0.1) is 5.10 Å². The average molecular weight is 323 g/mol. The van der Waals surface area contributed by atoms with Gasteiger partial charge in [-0.1, -0.05) is 41.1 Å². The molecule has 5 heteroatoms. The van der Waals surface area contributed by atoms with Crippen LogP contribution in [0.1, 0.15) is 43.3 Å². The highest BCUT2D eigenvalue weighted by Crippen LogP contribution is 2.23. The molecular weight excluding hydrogens is 304 g/mol. The first-order valence-electron chi connectivity index (χ1n) is 6.55. The van der Waals surface area contributed by atoms with Gasteiger partial charge in [0.2, 0.25) is 0 Å². The first-order valence-corrected chi connectivity index (χ1v) is 7.34. The largest absolute Gasteiger partial charge is 0.323 e. The summed E-state index contributed by atoms with van der Waals surface area (Å²) in [5, 5.41) is 8.52. The molecule has 19 heavy (non-hydrogen) atoms. The van der Waals surface area contributed by atoms with E-state index in [9.17, 15) is 0 Å². The summed E-state index contributed by atoms with van der Waals surface area (Å²) in [6.07, 6.45) is 1.73. The smallest absolute Gasteiger partial charge is 0.103 e. The highest BCUT2D eigenvalue weighted by Gasteiger charge is 2.17. The van der Waals surface area contributed by atoms with Crippen molar-refractivity contribution in [2.75, 3.05) is 0 Å². The fourth-order valence-electron chi connectivity index (χ4n) is 2.05. The number of aromatic nitrogens is 3. The van der Waals surface area contributed by atoms with Gasteiger partial charge in [0.15, 0.2) is 0 Å². The summed E-state index contributed by atoms with van der Waals surface area (Å²) >= 11 is 3.55. The number of rotatable bonds is 4. The number of benzene rings is 1. The Kier molecular flexibility index (Phi) is 4.37. The Morgan fingerprint density at radius 1 is 1.37 bits per heavy atom. The fraction of sp³-hybridized carbons (Fsp3) is 0.429. The number of nitrogens with zero attached hydrogens (tertiary/aromatic N) is 3. The Hall–Kier alpha value is -1.20. The van der Waals surface area contributed by atoms with E-state index < -0.39 is 0 Å². The second-order valence-corrected chi connectivity index (χ2v) is 5.49. The lowest BCUT2D eigenvalue weighted by Crippen LogP contribution is -2.12. The molecule has 0 aliphatic carbocycles. The molecule has 0 saturated heterocycles. The molecule has 0 amide bonds. The highest BCUT2D eigenvalue weighted by molar-refractivity contribution is 9.10. The standard InChI is InChI=1S/C14H19BrN4/c1-4-12(16)14-13(5-2)19(18-17-14)10-7-6-9(3)11(15)8-10/h6-8,12H,4-5,16H2,1-3H3. The van der Waals surface area contributed by atoms with Crippen LogP contribution in [-0.4, -0.2) is 15.0 Å². The van der Waals surface area contributed by atoms with E-state index in [0.717, 1.165) is 34.4 Å². The van der Waals surface area contributed by atoms with Gasteiger partial charge in [0, 0.05) is 4.47 Å². The Balaban J connectivity index is 2.50. The van der Waals surface area contributed by atoms with Crippen LogP contribution in [0.4, 0.5) is 0 Å². The Bertz CT molecular complexity index is 577. The van der Waals surface area contributed by atoms with Crippen LogP contribution in [0.25, 0.3) is 5.69 Å². The van der Waals surface area contributed by atoms with Crippen molar-refractivity contribution in [3.63, 3.8) is 0 Å². The van der Waals surface area contributed by atoms with Gasteiger partial charge in [0.05, 0.1) is 17.4 Å². The van der Waals surface area contributed by atoms with E-state index in [1.807, 2.05) is 4.68 Å². The molecule has 4 nitrogen and oxygen atoms in total. The van der Waals surface area contributed by atoms with E-state index in [-0.39, 0.29) is 6.04 Å². The molecule has 0 radical (unpaired) electrons. The average Bonchev–Trinajstić information content (AvgIpc) is 2.84. The van der Waals surface area contributed by atoms with Crippen molar-refractivity contribution in [2.24, 2.45) is 5.73 Å². The quantitative estimate of drug-likeness (QED) is 0.939. The molecule has 0 bridgehead atoms. The van der Waals surface area contributed by atoms with Crippen LogP contribution in [-0.2, 0) is 6.42 Å². The molecule has 0 aliphatic rings. The van der Waals surface area contributed by atoms with Gasteiger partial charge in [-0.2, -0.15) is 0 Å². The molecule has 0 fully saturated rings. The molecule has 1 aromatic heterocycles. The van der Waals surface area contributed by atoms with Gasteiger partial charge < -0.3 is 5.73 Å². The maximum absolute atomic E-state index is 6.09. The van der Waals surface area contributed by atoms with Crippen LogP contribution in [0.5, 0.6) is 0 Å². The Morgan fingerprint density at radius 2 is 2.11 bits per heavy atom. The second-order valence-electron chi connectivity index (χ2n) is 4.63. The van der Waals surface area contributed by atoms with Crippen molar-refractivity contribution >= 4 is 15.9 Å². The summed E-state index contributed by atoms with van der Waals surface area (Å²) in [4.78, 5) is 0. The van der Waals surface area contributed by atoms with Gasteiger partial charge >= 0.3 is 0 Å². The number of hydrogen-bond acceptors (Lipinski definition) is 3. The van der Waals surface area contributed by atoms with Crippen molar-refractivity contribution in [3.05, 3.63) is 39.6 Å². The van der Waals surface area contributed by atoms with Crippen LogP contribution in [0.15, 0.2) is 22.7 Å². The number of hydrogen-bond donors (Lipinski definition) is 1. The van der Waals surface area contributed by atoms with E-state index in [4.69, 9.17) is 5.73 Å². The molecule has 1 aromatic carbocycles. The lowest BCUT2D eigenvalue weighted by Gasteiger charge is -2.10. The maximum atomic E-state index is 6.09. The minimum absolute atomic E-state index is 0.0439. The van der Waals surface area contributed by atoms with E-state index in [1.165, 1.54) is 5.56 Å². The van der Waals surface area contributed by atoms with Gasteiger partial charge in [-0.05, 0) is 37.5 Å². The third-order valence-corrected chi connectivity index (χ3v) is 4.17. The molecule has 1 atom stereocenters. The predicted molar refractivity (Wildman–Crippen MR) is 80.4 cm³/mol. The van der Waals surface area contributed by atoms with Gasteiger partial charge in [-0.3, -0.25) is 0 Å². The lowest BCUT2D eigenvalue weighted by molar-refractivity contribution is 0.665. The fourth-order valence-corrected chi connectivity index (χ4v) is 2.41. The SMILES string of the molecule is CCc1c(C(N)CC)nnn1-c1ccc(C)c(Br)c1. The number of aryl methyl sites for hydroxylation is 1. The molecule has 0 saturated carbocycles. The molecule has 1 unspecified atom stereocenters. The summed E-state index contributed by atoms with van der Waals surface area (Å²) in [5.41, 5.74) is 10.3. The van der Waals surface area contributed by atoms with E-state index in [1.54, 1.807) is 0 Å². The molecule has 0 spiro atoms. The Morgan fingerprint density at radius 3 is 2.68 bits per heavy atom. The normalized spacial score (nSPS) is 12.7.